The van der Waals surface area contributed by atoms with Crippen molar-refractivity contribution >= 4 is 6.01 Å². The number of aryl methyl sites for hydroxylation is 1. The normalized spacial score (nSPS) is 13.1. The quantitative estimate of drug-likeness (QED) is 0.792. The van der Waals surface area contributed by atoms with Gasteiger partial charge in [0, 0.05) is 5.56 Å². The van der Waals surface area contributed by atoms with Crippen LogP contribution in [0, 0.1) is 6.92 Å². The highest BCUT2D eigenvalue weighted by Crippen LogP contribution is 2.36. The summed E-state index contributed by atoms with van der Waals surface area (Å²) in [7, 11) is 0. The number of anilines is 1. The van der Waals surface area contributed by atoms with E-state index in [0.29, 0.717) is 5.76 Å². The van der Waals surface area contributed by atoms with Crippen LogP contribution in [0.1, 0.15) is 5.76 Å². The molecule has 82 valence electrons. The lowest BCUT2D eigenvalue weighted by Crippen LogP contribution is -1.92. The molecule has 0 fully saturated rings. The van der Waals surface area contributed by atoms with Gasteiger partial charge in [-0.2, -0.15) is 4.98 Å². The molecule has 1 aliphatic heterocycles. The van der Waals surface area contributed by atoms with Gasteiger partial charge in [-0.15, -0.1) is 0 Å². The molecular weight excluding hydrogens is 208 g/mol. The third-order valence-electron chi connectivity index (χ3n) is 2.46. The second kappa shape index (κ2) is 3.16. The van der Waals surface area contributed by atoms with E-state index in [4.69, 9.17) is 19.6 Å². The zero-order valence-electron chi connectivity index (χ0n) is 8.69. The summed E-state index contributed by atoms with van der Waals surface area (Å²) in [5.74, 6) is 2.16. The first-order chi connectivity index (χ1) is 7.74. The minimum absolute atomic E-state index is 0.171. The highest BCUT2D eigenvalue weighted by Gasteiger charge is 2.16. The Kier molecular flexibility index (Phi) is 1.80. The van der Waals surface area contributed by atoms with E-state index in [9.17, 15) is 0 Å². The van der Waals surface area contributed by atoms with Gasteiger partial charge in [-0.05, 0) is 25.1 Å². The van der Waals surface area contributed by atoms with Crippen LogP contribution in [-0.4, -0.2) is 11.8 Å². The largest absolute Gasteiger partial charge is 0.454 e. The van der Waals surface area contributed by atoms with Crippen LogP contribution in [0.3, 0.4) is 0 Å². The van der Waals surface area contributed by atoms with Crippen LogP contribution in [-0.2, 0) is 0 Å². The summed E-state index contributed by atoms with van der Waals surface area (Å²) in [6.45, 7) is 2.09. The van der Waals surface area contributed by atoms with Gasteiger partial charge in [0.1, 0.15) is 11.5 Å². The summed E-state index contributed by atoms with van der Waals surface area (Å²) in [6.07, 6.45) is 0. The zero-order chi connectivity index (χ0) is 11.1. The number of aromatic nitrogens is 1. The third kappa shape index (κ3) is 1.29. The predicted octanol–water partition coefficient (Wildman–Crippen LogP) is 1.96. The van der Waals surface area contributed by atoms with Crippen LogP contribution < -0.4 is 15.2 Å². The van der Waals surface area contributed by atoms with Gasteiger partial charge < -0.3 is 19.6 Å². The number of hydrogen-bond donors (Lipinski definition) is 1. The molecule has 2 heterocycles. The van der Waals surface area contributed by atoms with E-state index in [0.717, 1.165) is 22.8 Å². The average Bonchev–Trinajstić information content (AvgIpc) is 2.83. The van der Waals surface area contributed by atoms with Gasteiger partial charge in [0.15, 0.2) is 11.5 Å². The maximum atomic E-state index is 5.50. The first kappa shape index (κ1) is 9.08. The van der Waals surface area contributed by atoms with Crippen molar-refractivity contribution in [2.75, 3.05) is 12.5 Å². The number of ether oxygens (including phenoxy) is 2. The summed E-state index contributed by atoms with van der Waals surface area (Å²) in [6, 6.07) is 5.79. The minimum Gasteiger partial charge on any atom is -0.454 e. The molecule has 5 nitrogen and oxygen atoms in total. The van der Waals surface area contributed by atoms with Gasteiger partial charge >= 0.3 is 0 Å². The monoisotopic (exact) mass is 218 g/mol. The Balaban J connectivity index is 2.10. The molecule has 2 aromatic rings. The first-order valence-corrected chi connectivity index (χ1v) is 4.87. The van der Waals surface area contributed by atoms with Crippen molar-refractivity contribution in [3.63, 3.8) is 0 Å². The second-order valence-corrected chi connectivity index (χ2v) is 3.52. The van der Waals surface area contributed by atoms with Crippen molar-refractivity contribution in [2.45, 2.75) is 6.92 Å². The zero-order valence-corrected chi connectivity index (χ0v) is 8.69. The lowest BCUT2D eigenvalue weighted by Gasteiger charge is -1.99. The highest BCUT2D eigenvalue weighted by molar-refractivity contribution is 5.66. The van der Waals surface area contributed by atoms with Crippen molar-refractivity contribution < 1.29 is 13.9 Å². The number of hydrogen-bond acceptors (Lipinski definition) is 5. The second-order valence-electron chi connectivity index (χ2n) is 3.52. The van der Waals surface area contributed by atoms with Gasteiger partial charge in [-0.25, -0.2) is 0 Å². The summed E-state index contributed by atoms with van der Waals surface area (Å²) < 4.78 is 15.7. The molecule has 0 radical (unpaired) electrons. The number of rotatable bonds is 1. The molecule has 0 amide bonds. The van der Waals surface area contributed by atoms with Crippen molar-refractivity contribution in [3.8, 4) is 22.8 Å². The number of oxazole rings is 1. The fourth-order valence-electron chi connectivity index (χ4n) is 1.73. The topological polar surface area (TPSA) is 70.5 Å². The maximum absolute atomic E-state index is 5.50. The van der Waals surface area contributed by atoms with Crippen molar-refractivity contribution in [1.82, 2.24) is 4.98 Å². The van der Waals surface area contributed by atoms with E-state index in [1.54, 1.807) is 0 Å². The SMILES string of the molecule is Cc1oc(N)nc1-c1ccc2c(c1)OCO2. The summed E-state index contributed by atoms with van der Waals surface area (Å²) in [5, 5.41) is 0. The van der Waals surface area contributed by atoms with E-state index >= 15 is 0 Å². The molecule has 0 unspecified atom stereocenters. The van der Waals surface area contributed by atoms with Crippen LogP contribution >= 0.6 is 0 Å². The van der Waals surface area contributed by atoms with E-state index in [1.807, 2.05) is 25.1 Å². The van der Waals surface area contributed by atoms with E-state index < -0.39 is 0 Å². The first-order valence-electron chi connectivity index (χ1n) is 4.87. The lowest BCUT2D eigenvalue weighted by molar-refractivity contribution is 0.174. The Hall–Kier alpha value is -2.17. The van der Waals surface area contributed by atoms with Gasteiger partial charge in [0.25, 0.3) is 6.01 Å². The van der Waals surface area contributed by atoms with E-state index in [-0.39, 0.29) is 12.8 Å². The van der Waals surface area contributed by atoms with E-state index in [1.165, 1.54) is 0 Å². The number of nitrogen functional groups attached to an aromatic ring is 1. The maximum Gasteiger partial charge on any atom is 0.292 e. The Bertz CT molecular complexity index is 548. The molecule has 1 aromatic heterocycles. The Labute approximate surface area is 91.8 Å². The summed E-state index contributed by atoms with van der Waals surface area (Å²) >= 11 is 0. The highest BCUT2D eigenvalue weighted by atomic mass is 16.7. The molecule has 0 saturated heterocycles. The standard InChI is InChI=1S/C11H10N2O3/c1-6-10(13-11(12)16-6)7-2-3-8-9(4-7)15-5-14-8/h2-4H,5H2,1H3,(H2,12,13). The third-order valence-corrected chi connectivity index (χ3v) is 2.46. The number of benzene rings is 1. The van der Waals surface area contributed by atoms with Crippen LogP contribution in [0.25, 0.3) is 11.3 Å². The molecule has 1 aromatic carbocycles. The predicted molar refractivity (Wildman–Crippen MR) is 57.2 cm³/mol. The van der Waals surface area contributed by atoms with Gasteiger partial charge in [-0.3, -0.25) is 0 Å². The molecular formula is C11H10N2O3. The van der Waals surface area contributed by atoms with Gasteiger partial charge in [0.2, 0.25) is 6.79 Å². The molecule has 1 aliphatic rings. The fourth-order valence-corrected chi connectivity index (χ4v) is 1.73. The van der Waals surface area contributed by atoms with Crippen LogP contribution in [0.4, 0.5) is 6.01 Å². The molecule has 5 heteroatoms. The molecule has 16 heavy (non-hydrogen) atoms. The van der Waals surface area contributed by atoms with Crippen LogP contribution in [0.5, 0.6) is 11.5 Å². The van der Waals surface area contributed by atoms with Crippen molar-refractivity contribution in [3.05, 3.63) is 24.0 Å². The minimum atomic E-state index is 0.171. The number of fused-ring (bicyclic) bond motifs is 1. The Morgan fingerprint density at radius 3 is 2.81 bits per heavy atom. The average molecular weight is 218 g/mol. The van der Waals surface area contributed by atoms with E-state index in [2.05, 4.69) is 4.98 Å². The van der Waals surface area contributed by atoms with Crippen LogP contribution in [0.15, 0.2) is 22.6 Å². The summed E-state index contributed by atoms with van der Waals surface area (Å²) in [4.78, 5) is 4.12. The Morgan fingerprint density at radius 2 is 2.06 bits per heavy atom. The number of nitrogens with zero attached hydrogens (tertiary/aromatic N) is 1. The Morgan fingerprint density at radius 1 is 1.25 bits per heavy atom. The molecule has 0 saturated carbocycles. The molecule has 0 spiro atoms. The molecule has 2 N–H and O–H groups in total. The summed E-state index contributed by atoms with van der Waals surface area (Å²) in [5.41, 5.74) is 7.13. The van der Waals surface area contributed by atoms with Crippen LogP contribution in [0.2, 0.25) is 0 Å². The molecule has 3 rings (SSSR count). The van der Waals surface area contributed by atoms with Gasteiger partial charge in [-0.1, -0.05) is 0 Å². The fraction of sp³-hybridized carbons (Fsp3) is 0.182. The van der Waals surface area contributed by atoms with Crippen molar-refractivity contribution in [2.24, 2.45) is 0 Å². The van der Waals surface area contributed by atoms with Crippen molar-refractivity contribution in [1.29, 1.82) is 0 Å². The number of nitrogens with two attached hydrogens (primary N) is 1. The smallest absolute Gasteiger partial charge is 0.292 e. The molecule has 0 atom stereocenters. The molecule has 0 bridgehead atoms. The molecule has 0 aliphatic carbocycles. The lowest BCUT2D eigenvalue weighted by atomic mass is 10.1. The van der Waals surface area contributed by atoms with Gasteiger partial charge in [0.05, 0.1) is 0 Å².